The van der Waals surface area contributed by atoms with Gasteiger partial charge in [-0.1, -0.05) is 29.8 Å². The smallest absolute Gasteiger partial charge is 0.286 e. The van der Waals surface area contributed by atoms with Gasteiger partial charge in [0.25, 0.3) is 4.95 Å². The van der Waals surface area contributed by atoms with E-state index in [1.54, 1.807) is 24.3 Å². The number of nitro groups is 1. The zero-order valence-electron chi connectivity index (χ0n) is 13.0. The molecule has 0 aliphatic heterocycles. The lowest BCUT2D eigenvalue weighted by atomic mass is 10.1. The molecule has 2 unspecified atom stereocenters. The van der Waals surface area contributed by atoms with Crippen molar-refractivity contribution in [1.82, 2.24) is 0 Å². The van der Waals surface area contributed by atoms with Crippen molar-refractivity contribution in [3.05, 3.63) is 69.8 Å². The second-order valence-electron chi connectivity index (χ2n) is 5.21. The molecule has 6 nitrogen and oxygen atoms in total. The maximum atomic E-state index is 13.0. The van der Waals surface area contributed by atoms with Crippen LogP contribution in [0.1, 0.15) is 16.4 Å². The van der Waals surface area contributed by atoms with E-state index in [-0.39, 0.29) is 4.90 Å². The van der Waals surface area contributed by atoms with Gasteiger partial charge in [-0.2, -0.15) is 0 Å². The summed E-state index contributed by atoms with van der Waals surface area (Å²) in [5, 5.41) is 9.88. The molecule has 128 valence electrons. The van der Waals surface area contributed by atoms with Crippen molar-refractivity contribution in [3.8, 4) is 5.75 Å². The van der Waals surface area contributed by atoms with E-state index in [0.717, 1.165) is 5.56 Å². The number of nitrogens with zero attached hydrogens (tertiary/aromatic N) is 1. The van der Waals surface area contributed by atoms with E-state index in [4.69, 9.17) is 4.74 Å². The molecule has 0 heterocycles. The number of methoxy groups -OCH3 is 1. The Kier molecular flexibility index (Phi) is 5.61. The molecule has 24 heavy (non-hydrogen) atoms. The SMILES string of the molecule is COc1ccc(C(C(Br)[N+](=O)[O-])S(=O)(=O)c2ccc(C)cc2)cc1. The van der Waals surface area contributed by atoms with Gasteiger partial charge in [0.05, 0.1) is 12.0 Å². The molecule has 0 bridgehead atoms. The topological polar surface area (TPSA) is 86.5 Å². The van der Waals surface area contributed by atoms with Crippen LogP contribution in [0.3, 0.4) is 0 Å². The van der Waals surface area contributed by atoms with Crippen molar-refractivity contribution in [2.24, 2.45) is 0 Å². The first kappa shape index (κ1) is 18.4. The molecular formula is C16H16BrNO5S. The minimum atomic E-state index is -3.96. The third-order valence-corrected chi connectivity index (χ3v) is 6.92. The minimum absolute atomic E-state index is 0.0419. The van der Waals surface area contributed by atoms with Crippen molar-refractivity contribution in [2.75, 3.05) is 7.11 Å². The summed E-state index contributed by atoms with van der Waals surface area (Å²) in [6.45, 7) is 1.83. The first-order valence-corrected chi connectivity index (χ1v) is 9.45. The van der Waals surface area contributed by atoms with Crippen molar-refractivity contribution >= 4 is 25.8 Å². The van der Waals surface area contributed by atoms with Crippen LogP contribution in [0.4, 0.5) is 0 Å². The highest BCUT2D eigenvalue weighted by atomic mass is 79.9. The fraction of sp³-hybridized carbons (Fsp3) is 0.250. The summed E-state index contributed by atoms with van der Waals surface area (Å²) in [5.74, 6) is 0.539. The predicted octanol–water partition coefficient (Wildman–Crippen LogP) is 3.52. The molecule has 0 aliphatic rings. The maximum absolute atomic E-state index is 13.0. The van der Waals surface area contributed by atoms with E-state index in [1.165, 1.54) is 31.4 Å². The Hall–Kier alpha value is -1.93. The van der Waals surface area contributed by atoms with E-state index < -0.39 is 25.0 Å². The van der Waals surface area contributed by atoms with Crippen molar-refractivity contribution < 1.29 is 18.1 Å². The predicted molar refractivity (Wildman–Crippen MR) is 93.8 cm³/mol. The molecule has 2 aromatic carbocycles. The lowest BCUT2D eigenvalue weighted by molar-refractivity contribution is -0.493. The summed E-state index contributed by atoms with van der Waals surface area (Å²) in [6.07, 6.45) is 0. The largest absolute Gasteiger partial charge is 0.497 e. The summed E-state index contributed by atoms with van der Waals surface area (Å²) in [6, 6.07) is 12.4. The molecule has 8 heteroatoms. The van der Waals surface area contributed by atoms with Gasteiger partial charge in [-0.25, -0.2) is 8.42 Å². The fourth-order valence-electron chi connectivity index (χ4n) is 2.26. The van der Waals surface area contributed by atoms with Gasteiger partial charge in [0.1, 0.15) is 5.75 Å². The lowest BCUT2D eigenvalue weighted by Gasteiger charge is -2.18. The van der Waals surface area contributed by atoms with Gasteiger partial charge in [0.2, 0.25) is 0 Å². The summed E-state index contributed by atoms with van der Waals surface area (Å²) >= 11 is 2.92. The van der Waals surface area contributed by atoms with E-state index in [1.807, 2.05) is 6.92 Å². The van der Waals surface area contributed by atoms with Crippen LogP contribution in [0, 0.1) is 17.0 Å². The summed E-state index contributed by atoms with van der Waals surface area (Å²) in [4.78, 5) is 9.15. The number of alkyl halides is 1. The Morgan fingerprint density at radius 2 is 1.62 bits per heavy atom. The average molecular weight is 414 g/mol. The van der Waals surface area contributed by atoms with Gasteiger partial charge < -0.3 is 4.74 Å². The van der Waals surface area contributed by atoms with E-state index in [2.05, 4.69) is 15.9 Å². The molecule has 0 N–H and O–H groups in total. The van der Waals surface area contributed by atoms with Gasteiger partial charge in [-0.05, 0) is 52.7 Å². The Labute approximate surface area is 148 Å². The molecule has 2 atom stereocenters. The zero-order chi connectivity index (χ0) is 17.9. The van der Waals surface area contributed by atoms with Crippen molar-refractivity contribution in [1.29, 1.82) is 0 Å². The van der Waals surface area contributed by atoms with Crippen LogP contribution < -0.4 is 4.74 Å². The van der Waals surface area contributed by atoms with E-state index >= 15 is 0 Å². The standard InChI is InChI=1S/C16H16BrNO5S/c1-11-3-9-14(10-4-11)24(21,22)15(16(17)18(19)20)12-5-7-13(23-2)8-6-12/h3-10,15-16H,1-2H3. The van der Waals surface area contributed by atoms with Gasteiger partial charge in [0.15, 0.2) is 15.1 Å². The van der Waals surface area contributed by atoms with E-state index in [9.17, 15) is 18.5 Å². The van der Waals surface area contributed by atoms with Crippen LogP contribution >= 0.6 is 15.9 Å². The van der Waals surface area contributed by atoms with Crippen LogP contribution in [0.25, 0.3) is 0 Å². The first-order valence-electron chi connectivity index (χ1n) is 6.99. The maximum Gasteiger partial charge on any atom is 0.286 e. The van der Waals surface area contributed by atoms with Gasteiger partial charge in [-0.3, -0.25) is 10.1 Å². The lowest BCUT2D eigenvalue weighted by Crippen LogP contribution is -2.28. The number of ether oxygens (including phenoxy) is 1. The average Bonchev–Trinajstić information content (AvgIpc) is 2.55. The highest BCUT2D eigenvalue weighted by molar-refractivity contribution is 9.09. The number of halogens is 1. The molecule has 0 aliphatic carbocycles. The third-order valence-electron chi connectivity index (χ3n) is 3.58. The highest BCUT2D eigenvalue weighted by Gasteiger charge is 2.41. The van der Waals surface area contributed by atoms with E-state index in [0.29, 0.717) is 11.3 Å². The molecule has 0 saturated carbocycles. The minimum Gasteiger partial charge on any atom is -0.497 e. The summed E-state index contributed by atoms with van der Waals surface area (Å²) in [5.41, 5.74) is 1.22. The highest BCUT2D eigenvalue weighted by Crippen LogP contribution is 2.36. The molecular weight excluding hydrogens is 398 g/mol. The Morgan fingerprint density at radius 3 is 2.08 bits per heavy atom. The van der Waals surface area contributed by atoms with Gasteiger partial charge in [0, 0.05) is 4.92 Å². The second-order valence-corrected chi connectivity index (χ2v) is 8.22. The molecule has 0 saturated heterocycles. The molecule has 0 fully saturated rings. The molecule has 0 amide bonds. The Bertz CT molecular complexity index is 819. The Balaban J connectivity index is 2.56. The number of rotatable bonds is 6. The number of hydrogen-bond acceptors (Lipinski definition) is 5. The quantitative estimate of drug-likeness (QED) is 0.313. The summed E-state index contributed by atoms with van der Waals surface area (Å²) < 4.78 is 31.0. The summed E-state index contributed by atoms with van der Waals surface area (Å²) in [7, 11) is -2.48. The van der Waals surface area contributed by atoms with Crippen molar-refractivity contribution in [3.63, 3.8) is 0 Å². The van der Waals surface area contributed by atoms with Gasteiger partial charge in [-0.15, -0.1) is 0 Å². The first-order chi connectivity index (χ1) is 11.3. The van der Waals surface area contributed by atoms with Crippen LogP contribution in [-0.4, -0.2) is 25.4 Å². The Morgan fingerprint density at radius 1 is 1.08 bits per heavy atom. The molecule has 0 radical (unpaired) electrons. The zero-order valence-corrected chi connectivity index (χ0v) is 15.5. The number of hydrogen-bond donors (Lipinski definition) is 0. The van der Waals surface area contributed by atoms with Crippen LogP contribution in [0.15, 0.2) is 53.4 Å². The normalized spacial score (nSPS) is 14.0. The number of aryl methyl sites for hydroxylation is 1. The molecule has 0 spiro atoms. The van der Waals surface area contributed by atoms with Gasteiger partial charge >= 0.3 is 0 Å². The molecule has 0 aromatic heterocycles. The third kappa shape index (κ3) is 3.76. The number of sulfone groups is 1. The molecule has 2 aromatic rings. The monoisotopic (exact) mass is 413 g/mol. The van der Waals surface area contributed by atoms with Crippen LogP contribution in [0.2, 0.25) is 0 Å². The fourth-order valence-corrected chi connectivity index (χ4v) is 5.14. The second kappa shape index (κ2) is 7.31. The van der Waals surface area contributed by atoms with Crippen molar-refractivity contribution in [2.45, 2.75) is 22.0 Å². The number of benzene rings is 2. The van der Waals surface area contributed by atoms with Crippen LogP contribution in [0.5, 0.6) is 5.75 Å². The van der Waals surface area contributed by atoms with Crippen LogP contribution in [-0.2, 0) is 9.84 Å². The molecule has 2 rings (SSSR count).